The second-order valence-corrected chi connectivity index (χ2v) is 5.18. The third-order valence-electron chi connectivity index (χ3n) is 4.42. The van der Waals surface area contributed by atoms with E-state index in [1.54, 1.807) is 0 Å². The van der Waals surface area contributed by atoms with Crippen LogP contribution in [-0.4, -0.2) is 31.1 Å². The lowest BCUT2D eigenvalue weighted by molar-refractivity contribution is 0.297. The van der Waals surface area contributed by atoms with E-state index in [1.807, 2.05) is 0 Å². The molecule has 2 aliphatic carbocycles. The molecule has 0 spiro atoms. The average molecular weight is 192 g/mol. The molecule has 2 bridgehead atoms. The van der Waals surface area contributed by atoms with Gasteiger partial charge in [0.25, 0.3) is 0 Å². The zero-order valence-corrected chi connectivity index (χ0v) is 8.73. The van der Waals surface area contributed by atoms with Crippen molar-refractivity contribution in [1.29, 1.82) is 0 Å². The van der Waals surface area contributed by atoms with Crippen LogP contribution in [0.3, 0.4) is 0 Å². The van der Waals surface area contributed by atoms with Crippen LogP contribution in [0.2, 0.25) is 0 Å². The highest BCUT2D eigenvalue weighted by Gasteiger charge is 2.48. The van der Waals surface area contributed by atoms with Gasteiger partial charge in [-0.15, -0.1) is 0 Å². The molecule has 2 nitrogen and oxygen atoms in total. The third kappa shape index (κ3) is 1.24. The van der Waals surface area contributed by atoms with Crippen molar-refractivity contribution in [1.82, 2.24) is 4.90 Å². The van der Waals surface area contributed by atoms with Crippen molar-refractivity contribution in [2.24, 2.45) is 29.4 Å². The lowest BCUT2D eigenvalue weighted by Crippen LogP contribution is -2.25. The number of nitrogens with zero attached hydrogens (tertiary/aromatic N) is 1. The summed E-state index contributed by atoms with van der Waals surface area (Å²) in [7, 11) is 0. The molecule has 1 heterocycles. The molecule has 3 aliphatic rings. The molecular formula is C12H20N2. The highest BCUT2D eigenvalue weighted by molar-refractivity contribution is 5.16. The quantitative estimate of drug-likeness (QED) is 0.678. The molecule has 14 heavy (non-hydrogen) atoms. The summed E-state index contributed by atoms with van der Waals surface area (Å²) in [4.78, 5) is 2.63. The van der Waals surface area contributed by atoms with Crippen LogP contribution in [0.4, 0.5) is 0 Å². The highest BCUT2D eigenvalue weighted by atomic mass is 15.2. The first-order valence-corrected chi connectivity index (χ1v) is 5.99. The maximum Gasteiger partial charge on any atom is 0.00188 e. The van der Waals surface area contributed by atoms with E-state index in [1.165, 1.54) is 32.5 Å². The van der Waals surface area contributed by atoms with Crippen molar-refractivity contribution >= 4 is 0 Å². The van der Waals surface area contributed by atoms with Crippen molar-refractivity contribution < 1.29 is 0 Å². The van der Waals surface area contributed by atoms with Crippen LogP contribution in [-0.2, 0) is 0 Å². The fraction of sp³-hybridized carbons (Fsp3) is 0.833. The van der Waals surface area contributed by atoms with Crippen molar-refractivity contribution in [3.63, 3.8) is 0 Å². The van der Waals surface area contributed by atoms with Crippen LogP contribution in [0.1, 0.15) is 12.8 Å². The topological polar surface area (TPSA) is 29.3 Å². The van der Waals surface area contributed by atoms with Gasteiger partial charge in [0.2, 0.25) is 0 Å². The molecule has 1 saturated carbocycles. The van der Waals surface area contributed by atoms with E-state index in [0.29, 0.717) is 0 Å². The summed E-state index contributed by atoms with van der Waals surface area (Å²) in [5.41, 5.74) is 5.55. The van der Waals surface area contributed by atoms with E-state index >= 15 is 0 Å². The van der Waals surface area contributed by atoms with Gasteiger partial charge in [-0.1, -0.05) is 12.2 Å². The van der Waals surface area contributed by atoms with Crippen LogP contribution in [0.5, 0.6) is 0 Å². The minimum Gasteiger partial charge on any atom is -0.330 e. The van der Waals surface area contributed by atoms with E-state index in [9.17, 15) is 0 Å². The summed E-state index contributed by atoms with van der Waals surface area (Å²) in [6.07, 6.45) is 7.57. The predicted molar refractivity (Wildman–Crippen MR) is 57.8 cm³/mol. The lowest BCUT2D eigenvalue weighted by atomic mass is 9.86. The normalized spacial score (nSPS) is 44.9. The minimum absolute atomic E-state index is 0.844. The van der Waals surface area contributed by atoms with Crippen LogP contribution in [0, 0.1) is 23.7 Å². The van der Waals surface area contributed by atoms with E-state index in [2.05, 4.69) is 17.1 Å². The van der Waals surface area contributed by atoms with Gasteiger partial charge in [-0.05, 0) is 49.6 Å². The number of hydrogen-bond donors (Lipinski definition) is 1. The molecule has 0 aromatic carbocycles. The molecule has 1 saturated heterocycles. The van der Waals surface area contributed by atoms with Gasteiger partial charge in [0, 0.05) is 13.1 Å². The van der Waals surface area contributed by atoms with Crippen molar-refractivity contribution in [3.8, 4) is 0 Å². The Kier molecular flexibility index (Phi) is 2.14. The van der Waals surface area contributed by atoms with Crippen LogP contribution in [0.25, 0.3) is 0 Å². The molecule has 0 aromatic heterocycles. The van der Waals surface area contributed by atoms with Crippen molar-refractivity contribution in [2.75, 3.05) is 26.2 Å². The number of likely N-dealkylation sites (tertiary alicyclic amines) is 1. The molecule has 2 fully saturated rings. The largest absolute Gasteiger partial charge is 0.330 e. The maximum atomic E-state index is 5.55. The fourth-order valence-electron chi connectivity index (χ4n) is 3.74. The Bertz CT molecular complexity index is 229. The van der Waals surface area contributed by atoms with Gasteiger partial charge >= 0.3 is 0 Å². The lowest BCUT2D eigenvalue weighted by Gasteiger charge is -2.17. The fourth-order valence-corrected chi connectivity index (χ4v) is 3.74. The second kappa shape index (κ2) is 3.35. The summed E-state index contributed by atoms with van der Waals surface area (Å²) < 4.78 is 0. The van der Waals surface area contributed by atoms with E-state index in [4.69, 9.17) is 5.73 Å². The minimum atomic E-state index is 0.844. The van der Waals surface area contributed by atoms with E-state index in [0.717, 1.165) is 30.2 Å². The molecule has 78 valence electrons. The van der Waals surface area contributed by atoms with Gasteiger partial charge in [-0.25, -0.2) is 0 Å². The summed E-state index contributed by atoms with van der Waals surface area (Å²) >= 11 is 0. The second-order valence-electron chi connectivity index (χ2n) is 5.18. The Morgan fingerprint density at radius 2 is 1.79 bits per heavy atom. The summed E-state index contributed by atoms with van der Waals surface area (Å²) in [6, 6.07) is 0. The molecular weight excluding hydrogens is 172 g/mol. The summed E-state index contributed by atoms with van der Waals surface area (Å²) in [5, 5.41) is 0. The molecule has 2 heteroatoms. The van der Waals surface area contributed by atoms with Gasteiger partial charge in [-0.3, -0.25) is 0 Å². The third-order valence-corrected chi connectivity index (χ3v) is 4.42. The Hall–Kier alpha value is -0.340. The van der Waals surface area contributed by atoms with Gasteiger partial charge in [-0.2, -0.15) is 0 Å². The molecule has 3 rings (SSSR count). The highest BCUT2D eigenvalue weighted by Crippen LogP contribution is 2.51. The molecule has 0 amide bonds. The molecule has 4 atom stereocenters. The first-order chi connectivity index (χ1) is 6.88. The molecule has 0 aromatic rings. The molecule has 1 aliphatic heterocycles. The average Bonchev–Trinajstić information content (AvgIpc) is 2.85. The zero-order chi connectivity index (χ0) is 9.54. The standard InChI is InChI=1S/C12H20N2/c13-4-1-5-14-7-11-9-2-3-10(6-9)12(11)8-14/h2-3,9-12H,1,4-8,13H2/t9?,10?,11-,12+. The Morgan fingerprint density at radius 1 is 1.14 bits per heavy atom. The van der Waals surface area contributed by atoms with E-state index in [-0.39, 0.29) is 0 Å². The van der Waals surface area contributed by atoms with Gasteiger partial charge < -0.3 is 10.6 Å². The maximum absolute atomic E-state index is 5.55. The van der Waals surface area contributed by atoms with Gasteiger partial charge in [0.1, 0.15) is 0 Å². The number of nitrogens with two attached hydrogens (primary N) is 1. The Labute approximate surface area is 86.1 Å². The van der Waals surface area contributed by atoms with Crippen LogP contribution >= 0.6 is 0 Å². The Balaban J connectivity index is 1.62. The smallest absolute Gasteiger partial charge is 0.00188 e. The van der Waals surface area contributed by atoms with Crippen molar-refractivity contribution in [3.05, 3.63) is 12.2 Å². The molecule has 2 unspecified atom stereocenters. The van der Waals surface area contributed by atoms with Gasteiger partial charge in [0.05, 0.1) is 0 Å². The summed E-state index contributed by atoms with van der Waals surface area (Å²) in [5.74, 6) is 3.83. The van der Waals surface area contributed by atoms with Crippen LogP contribution in [0.15, 0.2) is 12.2 Å². The number of hydrogen-bond acceptors (Lipinski definition) is 2. The number of allylic oxidation sites excluding steroid dienone is 2. The first kappa shape index (κ1) is 8.93. The zero-order valence-electron chi connectivity index (χ0n) is 8.73. The SMILES string of the molecule is NCCCN1C[C@@H]2C3C=CC(C3)[C@@H]2C1. The Morgan fingerprint density at radius 3 is 2.36 bits per heavy atom. The number of rotatable bonds is 3. The first-order valence-electron chi connectivity index (χ1n) is 5.99. The van der Waals surface area contributed by atoms with Crippen molar-refractivity contribution in [2.45, 2.75) is 12.8 Å². The summed E-state index contributed by atoms with van der Waals surface area (Å²) in [6.45, 7) is 4.76. The molecule has 2 N–H and O–H groups in total. The van der Waals surface area contributed by atoms with E-state index < -0.39 is 0 Å². The number of fused-ring (bicyclic) bond motifs is 5. The predicted octanol–water partition coefficient (Wildman–Crippen LogP) is 1.09. The van der Waals surface area contributed by atoms with Crippen LogP contribution < -0.4 is 5.73 Å². The monoisotopic (exact) mass is 192 g/mol. The molecule has 0 radical (unpaired) electrons. The van der Waals surface area contributed by atoms with Gasteiger partial charge in [0.15, 0.2) is 0 Å².